The van der Waals surface area contributed by atoms with Gasteiger partial charge in [0.1, 0.15) is 0 Å². The molecule has 0 N–H and O–H groups in total. The average Bonchev–Trinajstić information content (AvgIpc) is 3.29. The second kappa shape index (κ2) is 10.1. The van der Waals surface area contributed by atoms with Crippen LogP contribution in [0.4, 0.5) is 0 Å². The van der Waals surface area contributed by atoms with E-state index >= 15 is 0 Å². The lowest BCUT2D eigenvalue weighted by Crippen LogP contribution is -2.19. The molecule has 3 aromatic carbocycles. The largest absolute Gasteiger partial charge is 0.454 e. The van der Waals surface area contributed by atoms with Crippen LogP contribution in [0.3, 0.4) is 0 Å². The van der Waals surface area contributed by atoms with E-state index in [-0.39, 0.29) is 30.5 Å². The molecule has 5 rings (SSSR count). The lowest BCUT2D eigenvalue weighted by atomic mass is 9.87. The van der Waals surface area contributed by atoms with E-state index in [1.807, 2.05) is 54.6 Å². The van der Waals surface area contributed by atoms with Gasteiger partial charge in [-0.05, 0) is 47.2 Å². The van der Waals surface area contributed by atoms with Gasteiger partial charge in [-0.3, -0.25) is 10.1 Å². The highest BCUT2D eigenvalue weighted by Crippen LogP contribution is 2.45. The number of hydrogen-bond acceptors (Lipinski definition) is 6. The summed E-state index contributed by atoms with van der Waals surface area (Å²) >= 11 is 0. The number of nitro groups is 1. The molecule has 0 spiro atoms. The van der Waals surface area contributed by atoms with E-state index in [0.29, 0.717) is 11.5 Å². The highest BCUT2D eigenvalue weighted by atomic mass is 16.7. The number of fused-ring (bicyclic) bond motifs is 2. The summed E-state index contributed by atoms with van der Waals surface area (Å²) in [4.78, 5) is 11.5. The molecule has 3 atom stereocenters. The summed E-state index contributed by atoms with van der Waals surface area (Å²) in [6.45, 7) is 4.08. The number of nitrogens with zero attached hydrogens (tertiary/aromatic N) is 1. The van der Waals surface area contributed by atoms with Crippen LogP contribution < -0.4 is 9.47 Å². The smallest absolute Gasteiger partial charge is 0.231 e. The van der Waals surface area contributed by atoms with Crippen LogP contribution in [0.2, 0.25) is 0 Å². The van der Waals surface area contributed by atoms with Crippen molar-refractivity contribution >= 4 is 0 Å². The van der Waals surface area contributed by atoms with Gasteiger partial charge < -0.3 is 18.9 Å². The van der Waals surface area contributed by atoms with Crippen molar-refractivity contribution in [3.8, 4) is 11.5 Å². The van der Waals surface area contributed by atoms with Crippen LogP contribution in [-0.4, -0.2) is 18.3 Å². The third-order valence-electron chi connectivity index (χ3n) is 6.76. The van der Waals surface area contributed by atoms with E-state index < -0.39 is 12.2 Å². The Morgan fingerprint density at radius 3 is 2.09 bits per heavy atom. The van der Waals surface area contributed by atoms with E-state index in [2.05, 4.69) is 26.0 Å². The first kappa shape index (κ1) is 23.3. The normalized spacial score (nSPS) is 20.2. The molecule has 0 radical (unpaired) electrons. The topological polar surface area (TPSA) is 80.1 Å². The molecule has 182 valence electrons. The van der Waals surface area contributed by atoms with E-state index in [0.717, 1.165) is 40.7 Å². The van der Waals surface area contributed by atoms with E-state index in [9.17, 15) is 10.1 Å². The van der Waals surface area contributed by atoms with Gasteiger partial charge in [0, 0.05) is 10.5 Å². The van der Waals surface area contributed by atoms with Gasteiger partial charge in [-0.2, -0.15) is 0 Å². The molecule has 7 heteroatoms. The van der Waals surface area contributed by atoms with Gasteiger partial charge in [-0.15, -0.1) is 0 Å². The van der Waals surface area contributed by atoms with E-state index in [1.165, 1.54) is 0 Å². The Bertz CT molecular complexity index is 1180. The summed E-state index contributed by atoms with van der Waals surface area (Å²) in [7, 11) is 0. The summed E-state index contributed by atoms with van der Waals surface area (Å²) in [6, 6.07) is 21.5. The van der Waals surface area contributed by atoms with Crippen LogP contribution in [0, 0.1) is 10.1 Å². The lowest BCUT2D eigenvalue weighted by Gasteiger charge is -2.27. The van der Waals surface area contributed by atoms with Gasteiger partial charge in [0.2, 0.25) is 13.3 Å². The van der Waals surface area contributed by atoms with Crippen molar-refractivity contribution in [3.63, 3.8) is 0 Å². The molecule has 0 unspecified atom stereocenters. The zero-order valence-corrected chi connectivity index (χ0v) is 19.9. The SMILES string of the molecule is CC[C@@H]1OC(c2ccccc2[C@@H](C[N+](=O)[O-])c2ccc3c(c2)OCO3)O[C@@H](CC)c2ccccc21. The Balaban J connectivity index is 1.57. The molecule has 35 heavy (non-hydrogen) atoms. The first-order valence-electron chi connectivity index (χ1n) is 12.1. The molecule has 3 aromatic rings. The van der Waals surface area contributed by atoms with Gasteiger partial charge in [-0.1, -0.05) is 68.4 Å². The van der Waals surface area contributed by atoms with Crippen molar-refractivity contribution in [2.24, 2.45) is 0 Å². The van der Waals surface area contributed by atoms with E-state index in [1.54, 1.807) is 0 Å². The minimum Gasteiger partial charge on any atom is -0.454 e. The maximum Gasteiger partial charge on any atom is 0.231 e. The number of hydrogen-bond donors (Lipinski definition) is 0. The molecule has 0 saturated heterocycles. The summed E-state index contributed by atoms with van der Waals surface area (Å²) < 4.78 is 24.1. The maximum atomic E-state index is 11.8. The minimum atomic E-state index is -0.656. The standard InChI is InChI=1S/C28H29NO6/c1-3-24-20-10-6-7-11-21(20)25(4-2)35-28(34-24)22-12-8-5-9-19(22)23(16-29(30)31)18-13-14-26-27(15-18)33-17-32-26/h5-15,23-25,28H,3-4,16-17H2,1-2H3/t23-,24-,25-/m0/s1. The van der Waals surface area contributed by atoms with Gasteiger partial charge in [0.15, 0.2) is 17.8 Å². The van der Waals surface area contributed by atoms with Gasteiger partial charge in [0.05, 0.1) is 18.1 Å². The molecule has 2 heterocycles. The summed E-state index contributed by atoms with van der Waals surface area (Å²) in [5.41, 5.74) is 4.68. The molecule has 7 nitrogen and oxygen atoms in total. The maximum absolute atomic E-state index is 11.8. The first-order chi connectivity index (χ1) is 17.1. The van der Waals surface area contributed by atoms with Crippen molar-refractivity contribution in [2.75, 3.05) is 13.3 Å². The Hall–Kier alpha value is -3.42. The molecular weight excluding hydrogens is 446 g/mol. The number of benzene rings is 3. The van der Waals surface area contributed by atoms with Gasteiger partial charge in [0.25, 0.3) is 0 Å². The van der Waals surface area contributed by atoms with Crippen LogP contribution in [0.25, 0.3) is 0 Å². The zero-order chi connectivity index (χ0) is 24.4. The predicted octanol–water partition coefficient (Wildman–Crippen LogP) is 6.47. The monoisotopic (exact) mass is 475 g/mol. The molecule has 2 aliphatic heterocycles. The number of ether oxygens (including phenoxy) is 4. The van der Waals surface area contributed by atoms with Crippen molar-refractivity contribution in [1.82, 2.24) is 0 Å². The second-order valence-corrected chi connectivity index (χ2v) is 8.84. The van der Waals surface area contributed by atoms with E-state index in [4.69, 9.17) is 18.9 Å². The number of rotatable bonds is 7. The molecule has 0 bridgehead atoms. The van der Waals surface area contributed by atoms with Crippen LogP contribution in [0.5, 0.6) is 11.5 Å². The van der Waals surface area contributed by atoms with Crippen LogP contribution in [0.15, 0.2) is 66.7 Å². The third kappa shape index (κ3) is 4.61. The van der Waals surface area contributed by atoms with Crippen LogP contribution in [-0.2, 0) is 9.47 Å². The van der Waals surface area contributed by atoms with Gasteiger partial charge >= 0.3 is 0 Å². The second-order valence-electron chi connectivity index (χ2n) is 8.84. The molecule has 2 aliphatic rings. The van der Waals surface area contributed by atoms with Crippen molar-refractivity contribution in [3.05, 3.63) is 105 Å². The molecule has 0 saturated carbocycles. The Labute approximate surface area is 204 Å². The lowest BCUT2D eigenvalue weighted by molar-refractivity contribution is -0.481. The van der Waals surface area contributed by atoms with Crippen molar-refractivity contribution in [1.29, 1.82) is 0 Å². The molecule has 0 amide bonds. The fourth-order valence-corrected chi connectivity index (χ4v) is 5.06. The molecule has 0 aliphatic carbocycles. The van der Waals surface area contributed by atoms with Crippen molar-refractivity contribution < 1.29 is 23.9 Å². The fraction of sp³-hybridized carbons (Fsp3) is 0.357. The summed E-state index contributed by atoms with van der Waals surface area (Å²) in [6.07, 6.45) is 0.642. The Morgan fingerprint density at radius 1 is 0.857 bits per heavy atom. The average molecular weight is 476 g/mol. The highest BCUT2D eigenvalue weighted by Gasteiger charge is 2.34. The summed E-state index contributed by atoms with van der Waals surface area (Å²) in [5.74, 6) is 0.739. The molecule has 0 aromatic heterocycles. The van der Waals surface area contributed by atoms with Crippen LogP contribution >= 0.6 is 0 Å². The Morgan fingerprint density at radius 2 is 1.46 bits per heavy atom. The summed E-state index contributed by atoms with van der Waals surface area (Å²) in [5, 5.41) is 11.8. The predicted molar refractivity (Wildman–Crippen MR) is 130 cm³/mol. The van der Waals surface area contributed by atoms with Gasteiger partial charge in [-0.25, -0.2) is 0 Å². The molecular formula is C28H29NO6. The minimum absolute atomic E-state index is 0.139. The Kier molecular flexibility index (Phi) is 6.70. The zero-order valence-electron chi connectivity index (χ0n) is 19.9. The quantitative estimate of drug-likeness (QED) is 0.288. The third-order valence-corrected chi connectivity index (χ3v) is 6.76. The first-order valence-corrected chi connectivity index (χ1v) is 12.1. The van der Waals surface area contributed by atoms with Crippen molar-refractivity contribution in [2.45, 2.75) is 51.1 Å². The van der Waals surface area contributed by atoms with Crippen LogP contribution in [0.1, 0.15) is 78.9 Å². The fourth-order valence-electron chi connectivity index (χ4n) is 5.06. The highest BCUT2D eigenvalue weighted by molar-refractivity contribution is 5.48. The molecule has 0 fully saturated rings.